The van der Waals surface area contributed by atoms with Gasteiger partial charge >= 0.3 is 0 Å². The van der Waals surface area contributed by atoms with Crippen molar-refractivity contribution in [2.24, 2.45) is 10.7 Å². The lowest BCUT2D eigenvalue weighted by atomic mass is 10.2. The fourth-order valence-corrected chi connectivity index (χ4v) is 2.71. The van der Waals surface area contributed by atoms with Gasteiger partial charge < -0.3 is 15.5 Å². The average molecular weight is 416 g/mol. The molecular formula is C17H29IN4. The molecule has 1 saturated heterocycles. The zero-order valence-electron chi connectivity index (χ0n) is 13.6. The predicted octanol–water partition coefficient (Wildman–Crippen LogP) is 3.32. The summed E-state index contributed by atoms with van der Waals surface area (Å²) in [6.07, 6.45) is 6.16. The number of benzene rings is 1. The van der Waals surface area contributed by atoms with Gasteiger partial charge in [0.15, 0.2) is 5.96 Å². The summed E-state index contributed by atoms with van der Waals surface area (Å²) in [4.78, 5) is 9.05. The zero-order chi connectivity index (χ0) is 14.9. The average Bonchev–Trinajstić information content (AvgIpc) is 2.81. The smallest absolute Gasteiger partial charge is 0.191 e. The summed E-state index contributed by atoms with van der Waals surface area (Å²) in [5.41, 5.74) is 7.36. The molecule has 1 aliphatic heterocycles. The van der Waals surface area contributed by atoms with E-state index in [4.69, 9.17) is 5.73 Å². The first-order valence-corrected chi connectivity index (χ1v) is 8.08. The second-order valence-electron chi connectivity index (χ2n) is 5.75. The minimum Gasteiger partial charge on any atom is -0.375 e. The molecule has 2 rings (SSSR count). The standard InChI is InChI=1S/C17H28N4.HI/c1-20(16-10-5-4-6-11-16)13-9-12-19-17(18)21-14-7-2-3-8-15-21;/h4-6,10-11H,2-3,7-9,12-15H2,1H3,(H2,18,19);1H. The Morgan fingerprint density at radius 2 is 1.77 bits per heavy atom. The van der Waals surface area contributed by atoms with Crippen LogP contribution < -0.4 is 10.6 Å². The quantitative estimate of drug-likeness (QED) is 0.347. The van der Waals surface area contributed by atoms with Crippen molar-refractivity contribution < 1.29 is 0 Å². The van der Waals surface area contributed by atoms with Gasteiger partial charge in [-0.15, -0.1) is 24.0 Å². The van der Waals surface area contributed by atoms with Crippen LogP contribution in [-0.2, 0) is 0 Å². The summed E-state index contributed by atoms with van der Waals surface area (Å²) < 4.78 is 0. The SMILES string of the molecule is CN(CCCN=C(N)N1CCCCCC1)c1ccccc1.I. The maximum atomic E-state index is 6.11. The third-order valence-electron chi connectivity index (χ3n) is 4.05. The minimum atomic E-state index is 0. The predicted molar refractivity (Wildman–Crippen MR) is 106 cm³/mol. The third kappa shape index (κ3) is 6.42. The summed E-state index contributed by atoms with van der Waals surface area (Å²) >= 11 is 0. The number of guanidine groups is 1. The molecule has 0 aliphatic carbocycles. The van der Waals surface area contributed by atoms with Crippen LogP contribution in [0.15, 0.2) is 35.3 Å². The Morgan fingerprint density at radius 1 is 1.14 bits per heavy atom. The van der Waals surface area contributed by atoms with Crippen molar-refractivity contribution in [3.63, 3.8) is 0 Å². The van der Waals surface area contributed by atoms with E-state index in [0.29, 0.717) is 0 Å². The summed E-state index contributed by atoms with van der Waals surface area (Å²) in [6.45, 7) is 3.94. The fourth-order valence-electron chi connectivity index (χ4n) is 2.71. The van der Waals surface area contributed by atoms with Crippen LogP contribution in [0, 0.1) is 0 Å². The first kappa shape index (κ1) is 19.1. The van der Waals surface area contributed by atoms with Crippen LogP contribution in [0.2, 0.25) is 0 Å². The second-order valence-corrected chi connectivity index (χ2v) is 5.75. The number of hydrogen-bond donors (Lipinski definition) is 1. The Bertz CT molecular complexity index is 428. The number of aliphatic imine (C=N–C) groups is 1. The number of halogens is 1. The van der Waals surface area contributed by atoms with Crippen LogP contribution in [0.3, 0.4) is 0 Å². The number of para-hydroxylation sites is 1. The summed E-state index contributed by atoms with van der Waals surface area (Å²) in [6, 6.07) is 10.5. The summed E-state index contributed by atoms with van der Waals surface area (Å²) in [5, 5.41) is 0. The Balaban J connectivity index is 0.00000242. The van der Waals surface area contributed by atoms with Crippen LogP contribution >= 0.6 is 24.0 Å². The molecule has 1 aliphatic rings. The molecule has 22 heavy (non-hydrogen) atoms. The molecule has 0 aromatic heterocycles. The maximum absolute atomic E-state index is 6.11. The van der Waals surface area contributed by atoms with E-state index in [-0.39, 0.29) is 24.0 Å². The highest BCUT2D eigenvalue weighted by Crippen LogP contribution is 2.11. The molecule has 5 heteroatoms. The maximum Gasteiger partial charge on any atom is 0.191 e. The lowest BCUT2D eigenvalue weighted by Gasteiger charge is -2.21. The van der Waals surface area contributed by atoms with Crippen molar-refractivity contribution >= 4 is 35.6 Å². The highest BCUT2D eigenvalue weighted by atomic mass is 127. The molecule has 1 fully saturated rings. The Labute approximate surface area is 151 Å². The molecule has 0 bridgehead atoms. The first-order chi connectivity index (χ1) is 10.3. The van der Waals surface area contributed by atoms with E-state index in [1.807, 2.05) is 6.07 Å². The number of likely N-dealkylation sites (tertiary alicyclic amines) is 1. The van der Waals surface area contributed by atoms with Gasteiger partial charge in [0.2, 0.25) is 0 Å². The lowest BCUT2D eigenvalue weighted by molar-refractivity contribution is 0.428. The lowest BCUT2D eigenvalue weighted by Crippen LogP contribution is -2.38. The van der Waals surface area contributed by atoms with Crippen LogP contribution in [0.5, 0.6) is 0 Å². The van der Waals surface area contributed by atoms with Gasteiger partial charge in [-0.1, -0.05) is 31.0 Å². The molecule has 0 spiro atoms. The summed E-state index contributed by atoms with van der Waals surface area (Å²) in [5.74, 6) is 0.735. The van der Waals surface area contributed by atoms with Crippen molar-refractivity contribution in [2.75, 3.05) is 38.1 Å². The van der Waals surface area contributed by atoms with E-state index in [2.05, 4.69) is 46.1 Å². The van der Waals surface area contributed by atoms with Crippen molar-refractivity contribution in [3.05, 3.63) is 30.3 Å². The van der Waals surface area contributed by atoms with E-state index in [0.717, 1.165) is 38.6 Å². The molecule has 1 heterocycles. The van der Waals surface area contributed by atoms with Crippen molar-refractivity contribution in [3.8, 4) is 0 Å². The van der Waals surface area contributed by atoms with E-state index >= 15 is 0 Å². The van der Waals surface area contributed by atoms with Gasteiger partial charge in [-0.3, -0.25) is 4.99 Å². The highest BCUT2D eigenvalue weighted by molar-refractivity contribution is 14.0. The van der Waals surface area contributed by atoms with Gasteiger partial charge in [0.25, 0.3) is 0 Å². The molecular weight excluding hydrogens is 387 g/mol. The Morgan fingerprint density at radius 3 is 2.41 bits per heavy atom. The Hall–Kier alpha value is -0.980. The largest absolute Gasteiger partial charge is 0.375 e. The van der Waals surface area contributed by atoms with Gasteiger partial charge in [-0.05, 0) is 31.4 Å². The molecule has 4 nitrogen and oxygen atoms in total. The second kappa shape index (κ2) is 10.7. The number of anilines is 1. The Kier molecular flexibility index (Phi) is 9.27. The molecule has 0 amide bonds. The van der Waals surface area contributed by atoms with Gasteiger partial charge in [-0.2, -0.15) is 0 Å². The van der Waals surface area contributed by atoms with E-state index in [9.17, 15) is 0 Å². The molecule has 0 atom stereocenters. The number of nitrogens with zero attached hydrogens (tertiary/aromatic N) is 3. The highest BCUT2D eigenvalue weighted by Gasteiger charge is 2.10. The fraction of sp³-hybridized carbons (Fsp3) is 0.588. The zero-order valence-corrected chi connectivity index (χ0v) is 15.9. The molecule has 1 aromatic carbocycles. The van der Waals surface area contributed by atoms with E-state index in [1.165, 1.54) is 31.4 Å². The van der Waals surface area contributed by atoms with Crippen molar-refractivity contribution in [1.29, 1.82) is 0 Å². The van der Waals surface area contributed by atoms with E-state index in [1.54, 1.807) is 0 Å². The van der Waals surface area contributed by atoms with Crippen LogP contribution in [0.1, 0.15) is 32.1 Å². The van der Waals surface area contributed by atoms with Gasteiger partial charge in [0.05, 0.1) is 0 Å². The molecule has 1 aromatic rings. The molecule has 124 valence electrons. The monoisotopic (exact) mass is 416 g/mol. The van der Waals surface area contributed by atoms with E-state index < -0.39 is 0 Å². The van der Waals surface area contributed by atoms with Crippen LogP contribution in [0.25, 0.3) is 0 Å². The van der Waals surface area contributed by atoms with Gasteiger partial charge in [0, 0.05) is 38.9 Å². The third-order valence-corrected chi connectivity index (χ3v) is 4.05. The van der Waals surface area contributed by atoms with Gasteiger partial charge in [0.1, 0.15) is 0 Å². The minimum absolute atomic E-state index is 0. The molecule has 0 saturated carbocycles. The van der Waals surface area contributed by atoms with Crippen LogP contribution in [-0.4, -0.2) is 44.1 Å². The molecule has 0 unspecified atom stereocenters. The van der Waals surface area contributed by atoms with Crippen molar-refractivity contribution in [1.82, 2.24) is 4.90 Å². The van der Waals surface area contributed by atoms with Gasteiger partial charge in [-0.25, -0.2) is 0 Å². The summed E-state index contributed by atoms with van der Waals surface area (Å²) in [7, 11) is 2.12. The molecule has 0 radical (unpaired) electrons. The number of rotatable bonds is 5. The number of nitrogens with two attached hydrogens (primary N) is 1. The topological polar surface area (TPSA) is 44.9 Å². The first-order valence-electron chi connectivity index (χ1n) is 8.08. The molecule has 2 N–H and O–H groups in total. The van der Waals surface area contributed by atoms with Crippen LogP contribution in [0.4, 0.5) is 5.69 Å². The number of hydrogen-bond acceptors (Lipinski definition) is 2. The normalized spacial score (nSPS) is 15.9. The van der Waals surface area contributed by atoms with Crippen molar-refractivity contribution in [2.45, 2.75) is 32.1 Å².